The molecule has 7 heteroatoms. The number of hydrogen-bond donors (Lipinski definition) is 2. The normalized spacial score (nSPS) is 14.0. The van der Waals surface area contributed by atoms with E-state index in [0.29, 0.717) is 16.1 Å². The minimum absolute atomic E-state index is 0.196. The average Bonchev–Trinajstić information content (AvgIpc) is 3.00. The topological polar surface area (TPSA) is 75.4 Å². The third-order valence-electron chi connectivity index (χ3n) is 4.58. The van der Waals surface area contributed by atoms with Gasteiger partial charge < -0.3 is 11.1 Å². The highest BCUT2D eigenvalue weighted by molar-refractivity contribution is 7.99. The predicted molar refractivity (Wildman–Crippen MR) is 113 cm³/mol. The van der Waals surface area contributed by atoms with Crippen LogP contribution in [0.15, 0.2) is 29.2 Å². The second-order valence-corrected chi connectivity index (χ2v) is 8.89. The minimum atomic E-state index is -0.469. The molecule has 0 unspecified atom stereocenters. The standard InChI is InChI=1S/C20H25N3O2S2/c1-3-10-23-11-9-13-16(12-23)27-20(17(13)18(21)24)22-19(25)14-7-5-6-8-15(14)26-4-2/h5-8H,3-4,9-12H2,1-2H3,(H2,21,24)(H,22,25). The Hall–Kier alpha value is -1.83. The number of benzene rings is 1. The molecule has 1 aliphatic rings. The van der Waals surface area contributed by atoms with Crippen molar-refractivity contribution in [2.24, 2.45) is 5.73 Å². The van der Waals surface area contributed by atoms with Gasteiger partial charge in [-0.3, -0.25) is 14.5 Å². The molecule has 0 spiro atoms. The number of hydrogen-bond acceptors (Lipinski definition) is 5. The summed E-state index contributed by atoms with van der Waals surface area (Å²) in [6.07, 6.45) is 1.89. The average molecular weight is 404 g/mol. The monoisotopic (exact) mass is 403 g/mol. The van der Waals surface area contributed by atoms with Gasteiger partial charge in [-0.1, -0.05) is 26.0 Å². The van der Waals surface area contributed by atoms with Gasteiger partial charge in [-0.15, -0.1) is 23.1 Å². The summed E-state index contributed by atoms with van der Waals surface area (Å²) in [4.78, 5) is 29.4. The maximum absolute atomic E-state index is 12.9. The van der Waals surface area contributed by atoms with Crippen molar-refractivity contribution in [2.45, 2.75) is 38.1 Å². The summed E-state index contributed by atoms with van der Waals surface area (Å²) >= 11 is 3.11. The van der Waals surface area contributed by atoms with Gasteiger partial charge in [0, 0.05) is 22.9 Å². The van der Waals surface area contributed by atoms with Gasteiger partial charge >= 0.3 is 0 Å². The molecule has 2 amide bonds. The van der Waals surface area contributed by atoms with Crippen LogP contribution in [0.4, 0.5) is 5.00 Å². The molecule has 1 aromatic heterocycles. The molecule has 144 valence electrons. The molecule has 0 radical (unpaired) electrons. The molecule has 0 aliphatic carbocycles. The van der Waals surface area contributed by atoms with Crippen molar-refractivity contribution in [2.75, 3.05) is 24.2 Å². The summed E-state index contributed by atoms with van der Waals surface area (Å²) in [7, 11) is 0. The fraction of sp³-hybridized carbons (Fsp3) is 0.400. The molecule has 0 saturated heterocycles. The lowest BCUT2D eigenvalue weighted by atomic mass is 10.0. The Morgan fingerprint density at radius 2 is 2.07 bits per heavy atom. The Morgan fingerprint density at radius 1 is 1.30 bits per heavy atom. The second kappa shape index (κ2) is 8.91. The number of rotatable bonds is 7. The first-order valence-corrected chi connectivity index (χ1v) is 11.0. The Kier molecular flexibility index (Phi) is 6.57. The Morgan fingerprint density at radius 3 is 2.78 bits per heavy atom. The SMILES string of the molecule is CCCN1CCc2c(sc(NC(=O)c3ccccc3SCC)c2C(N)=O)C1. The van der Waals surface area contributed by atoms with Gasteiger partial charge in [-0.25, -0.2) is 0 Å². The quantitative estimate of drug-likeness (QED) is 0.686. The van der Waals surface area contributed by atoms with E-state index in [1.54, 1.807) is 11.8 Å². The van der Waals surface area contributed by atoms with Gasteiger partial charge in [0.25, 0.3) is 11.8 Å². The van der Waals surface area contributed by atoms with Crippen LogP contribution >= 0.6 is 23.1 Å². The highest BCUT2D eigenvalue weighted by atomic mass is 32.2. The van der Waals surface area contributed by atoms with Crippen LogP contribution < -0.4 is 11.1 Å². The largest absolute Gasteiger partial charge is 0.365 e. The number of amides is 2. The highest BCUT2D eigenvalue weighted by Crippen LogP contribution is 2.37. The van der Waals surface area contributed by atoms with Gasteiger partial charge in [0.15, 0.2) is 0 Å². The molecule has 0 fully saturated rings. The molecule has 0 atom stereocenters. The van der Waals surface area contributed by atoms with Crippen LogP contribution in [-0.2, 0) is 13.0 Å². The van der Waals surface area contributed by atoms with E-state index < -0.39 is 5.91 Å². The van der Waals surface area contributed by atoms with E-state index in [-0.39, 0.29) is 5.91 Å². The smallest absolute Gasteiger partial charge is 0.257 e. The van der Waals surface area contributed by atoms with Gasteiger partial charge in [-0.2, -0.15) is 0 Å². The zero-order valence-electron chi connectivity index (χ0n) is 15.7. The van der Waals surface area contributed by atoms with Crippen LogP contribution in [-0.4, -0.2) is 35.6 Å². The van der Waals surface area contributed by atoms with Crippen LogP contribution in [0.5, 0.6) is 0 Å². The van der Waals surface area contributed by atoms with Crippen molar-refractivity contribution in [3.63, 3.8) is 0 Å². The molecule has 2 aromatic rings. The van der Waals surface area contributed by atoms with Crippen molar-refractivity contribution in [1.29, 1.82) is 0 Å². The van der Waals surface area contributed by atoms with E-state index in [0.717, 1.165) is 53.6 Å². The number of thiophene rings is 1. The number of nitrogens with one attached hydrogen (secondary N) is 1. The van der Waals surface area contributed by atoms with Crippen molar-refractivity contribution in [3.05, 3.63) is 45.8 Å². The number of nitrogens with two attached hydrogens (primary N) is 1. The molecule has 1 aromatic carbocycles. The maximum atomic E-state index is 12.9. The maximum Gasteiger partial charge on any atom is 0.257 e. The molecular formula is C20H25N3O2S2. The van der Waals surface area contributed by atoms with Crippen LogP contribution in [0, 0.1) is 0 Å². The van der Waals surface area contributed by atoms with E-state index in [1.807, 2.05) is 24.3 Å². The molecule has 2 heterocycles. The number of anilines is 1. The lowest BCUT2D eigenvalue weighted by molar-refractivity contribution is 0.1000. The number of carbonyl (C=O) groups excluding carboxylic acids is 2. The third-order valence-corrected chi connectivity index (χ3v) is 6.67. The molecule has 3 rings (SSSR count). The zero-order chi connectivity index (χ0) is 19.4. The molecular weight excluding hydrogens is 378 g/mol. The van der Waals surface area contributed by atoms with Gasteiger partial charge in [0.05, 0.1) is 11.1 Å². The first-order chi connectivity index (χ1) is 13.0. The fourth-order valence-electron chi connectivity index (χ4n) is 3.42. The summed E-state index contributed by atoms with van der Waals surface area (Å²) in [5, 5.41) is 3.53. The Balaban J connectivity index is 1.89. The molecule has 1 aliphatic heterocycles. The lowest BCUT2D eigenvalue weighted by Crippen LogP contribution is -2.31. The van der Waals surface area contributed by atoms with E-state index in [2.05, 4.69) is 24.1 Å². The van der Waals surface area contributed by atoms with Crippen LogP contribution in [0.25, 0.3) is 0 Å². The molecule has 0 saturated carbocycles. The van der Waals surface area contributed by atoms with E-state index in [9.17, 15) is 9.59 Å². The fourth-order valence-corrected chi connectivity index (χ4v) is 5.51. The van der Waals surface area contributed by atoms with E-state index >= 15 is 0 Å². The van der Waals surface area contributed by atoms with Crippen LogP contribution in [0.1, 0.15) is 51.4 Å². The number of carbonyl (C=O) groups is 2. The summed E-state index contributed by atoms with van der Waals surface area (Å²) in [6, 6.07) is 7.54. The van der Waals surface area contributed by atoms with E-state index in [1.165, 1.54) is 11.3 Å². The molecule has 27 heavy (non-hydrogen) atoms. The highest BCUT2D eigenvalue weighted by Gasteiger charge is 2.27. The van der Waals surface area contributed by atoms with Gasteiger partial charge in [0.2, 0.25) is 0 Å². The van der Waals surface area contributed by atoms with Crippen molar-refractivity contribution in [3.8, 4) is 0 Å². The first kappa shape index (κ1) is 19.9. The van der Waals surface area contributed by atoms with Crippen molar-refractivity contribution < 1.29 is 9.59 Å². The Bertz CT molecular complexity index is 848. The zero-order valence-corrected chi connectivity index (χ0v) is 17.3. The first-order valence-electron chi connectivity index (χ1n) is 9.25. The Labute approximate surface area is 168 Å². The molecule has 5 nitrogen and oxygen atoms in total. The van der Waals surface area contributed by atoms with Crippen molar-refractivity contribution >= 4 is 39.9 Å². The number of nitrogens with zero attached hydrogens (tertiary/aromatic N) is 1. The molecule has 0 bridgehead atoms. The predicted octanol–water partition coefficient (Wildman–Crippen LogP) is 3.98. The van der Waals surface area contributed by atoms with Crippen LogP contribution in [0.3, 0.4) is 0 Å². The van der Waals surface area contributed by atoms with Gasteiger partial charge in [-0.05, 0) is 42.8 Å². The van der Waals surface area contributed by atoms with E-state index in [4.69, 9.17) is 5.73 Å². The van der Waals surface area contributed by atoms with Crippen molar-refractivity contribution in [1.82, 2.24) is 4.90 Å². The van der Waals surface area contributed by atoms with Gasteiger partial charge in [0.1, 0.15) is 5.00 Å². The summed E-state index contributed by atoms with van der Waals surface area (Å²) in [5.74, 6) is 0.221. The second-order valence-electron chi connectivity index (χ2n) is 6.48. The number of primary amides is 1. The summed E-state index contributed by atoms with van der Waals surface area (Å²) in [5.41, 5.74) is 7.78. The lowest BCUT2D eigenvalue weighted by Gasteiger charge is -2.26. The molecule has 3 N–H and O–H groups in total. The summed E-state index contributed by atoms with van der Waals surface area (Å²) in [6.45, 7) is 6.98. The third kappa shape index (κ3) is 4.36. The number of fused-ring (bicyclic) bond motifs is 1. The van der Waals surface area contributed by atoms with Crippen LogP contribution in [0.2, 0.25) is 0 Å². The number of thioether (sulfide) groups is 1. The summed E-state index contributed by atoms with van der Waals surface area (Å²) < 4.78 is 0. The minimum Gasteiger partial charge on any atom is -0.365 e.